The van der Waals surface area contributed by atoms with Crippen LogP contribution in [0.25, 0.3) is 0 Å². The van der Waals surface area contributed by atoms with Gasteiger partial charge in [0.2, 0.25) is 11.8 Å². The van der Waals surface area contributed by atoms with Gasteiger partial charge in [-0.2, -0.15) is 0 Å². The first kappa shape index (κ1) is 28.3. The zero-order valence-corrected chi connectivity index (χ0v) is 23.3. The summed E-state index contributed by atoms with van der Waals surface area (Å²) in [6.45, 7) is 4.09. The molecule has 1 saturated heterocycles. The van der Waals surface area contributed by atoms with E-state index >= 15 is 0 Å². The second-order valence-corrected chi connectivity index (χ2v) is 11.1. The van der Waals surface area contributed by atoms with Gasteiger partial charge in [0.15, 0.2) is 0 Å². The number of hydrogen-bond donors (Lipinski definition) is 3. The number of hydrogen-bond acceptors (Lipinski definition) is 7. The summed E-state index contributed by atoms with van der Waals surface area (Å²) in [4.78, 5) is 30.9. The molecule has 3 N–H and O–H groups in total. The summed E-state index contributed by atoms with van der Waals surface area (Å²) in [5, 5.41) is 23.5. The number of morpholine rings is 1. The lowest BCUT2D eigenvalue weighted by molar-refractivity contribution is -0.143. The molecule has 2 amide bonds. The van der Waals surface area contributed by atoms with Gasteiger partial charge in [0.1, 0.15) is 18.0 Å². The van der Waals surface area contributed by atoms with E-state index in [1.807, 2.05) is 29.2 Å². The van der Waals surface area contributed by atoms with Gasteiger partial charge in [0.25, 0.3) is 0 Å². The summed E-state index contributed by atoms with van der Waals surface area (Å²) in [7, 11) is 0. The zero-order chi connectivity index (χ0) is 26.2. The molecule has 37 heavy (non-hydrogen) atoms. The minimum absolute atomic E-state index is 0.0519. The van der Waals surface area contributed by atoms with E-state index in [0.717, 1.165) is 42.3 Å². The van der Waals surface area contributed by atoms with Crippen LogP contribution >= 0.6 is 22.6 Å². The summed E-state index contributed by atoms with van der Waals surface area (Å²) in [6.07, 6.45) is 3.88. The van der Waals surface area contributed by atoms with Crippen molar-refractivity contribution in [1.82, 2.24) is 15.1 Å². The van der Waals surface area contributed by atoms with Crippen LogP contribution in [0.1, 0.15) is 32.1 Å². The van der Waals surface area contributed by atoms with Gasteiger partial charge in [-0.25, -0.2) is 0 Å². The topological polar surface area (TPSA) is 112 Å². The number of nitrogens with one attached hydrogen (secondary N) is 1. The van der Waals surface area contributed by atoms with Crippen LogP contribution in [0.5, 0.6) is 5.75 Å². The van der Waals surface area contributed by atoms with Crippen LogP contribution in [-0.4, -0.2) is 103 Å². The van der Waals surface area contributed by atoms with Crippen LogP contribution in [0.4, 0.5) is 0 Å². The highest BCUT2D eigenvalue weighted by Gasteiger charge is 2.42. The molecule has 4 rings (SSSR count). The predicted molar refractivity (Wildman–Crippen MR) is 147 cm³/mol. The lowest BCUT2D eigenvalue weighted by Gasteiger charge is -2.42. The number of carbonyl (C=O) groups excluding carboxylic acids is 2. The van der Waals surface area contributed by atoms with E-state index in [9.17, 15) is 19.8 Å². The van der Waals surface area contributed by atoms with Crippen molar-refractivity contribution < 1.29 is 29.3 Å². The van der Waals surface area contributed by atoms with Gasteiger partial charge in [0, 0.05) is 50.6 Å². The highest BCUT2D eigenvalue weighted by atomic mass is 127. The first-order valence-electron chi connectivity index (χ1n) is 13.3. The summed E-state index contributed by atoms with van der Waals surface area (Å²) in [5.74, 6) is 0.300. The van der Waals surface area contributed by atoms with E-state index in [1.165, 1.54) is 0 Å². The van der Waals surface area contributed by atoms with Gasteiger partial charge >= 0.3 is 0 Å². The van der Waals surface area contributed by atoms with Gasteiger partial charge in [0.05, 0.1) is 29.4 Å². The molecule has 0 radical (unpaired) electrons. The van der Waals surface area contributed by atoms with E-state index in [1.54, 1.807) is 6.08 Å². The number of rotatable bonds is 10. The first-order chi connectivity index (χ1) is 18.0. The number of aliphatic hydroxyl groups is 2. The average molecular weight is 628 g/mol. The van der Waals surface area contributed by atoms with Crippen LogP contribution in [0.3, 0.4) is 0 Å². The fraction of sp³-hybridized carbons (Fsp3) is 0.630. The smallest absolute Gasteiger partial charge is 0.247 e. The maximum atomic E-state index is 13.8. The standard InChI is InChI=1S/C27H38IN3O6/c28-21-7-3-4-8-23(21)37-24-18-20(26(34)29-9-14-32)17-22(25(24)33)31(27(35)19-5-1-2-6-19)11-10-30-12-15-36-16-13-30/h3-4,7-8,18-19,22,24-25,32-33H,1-2,5-6,9-17H2,(H,29,34). The third-order valence-corrected chi connectivity index (χ3v) is 8.35. The number of para-hydroxylation sites is 1. The Labute approximate surface area is 232 Å². The highest BCUT2D eigenvalue weighted by molar-refractivity contribution is 14.1. The highest BCUT2D eigenvalue weighted by Crippen LogP contribution is 2.33. The predicted octanol–water partition coefficient (Wildman–Crippen LogP) is 1.56. The summed E-state index contributed by atoms with van der Waals surface area (Å²) < 4.78 is 12.6. The fourth-order valence-corrected chi connectivity index (χ4v) is 5.90. The minimum Gasteiger partial charge on any atom is -0.482 e. The molecule has 1 aromatic rings. The van der Waals surface area contributed by atoms with Gasteiger partial charge in [-0.3, -0.25) is 14.5 Å². The molecule has 204 valence electrons. The van der Waals surface area contributed by atoms with Crippen LogP contribution in [0.2, 0.25) is 0 Å². The molecule has 3 aliphatic rings. The monoisotopic (exact) mass is 627 g/mol. The Morgan fingerprint density at radius 2 is 1.92 bits per heavy atom. The Morgan fingerprint density at radius 1 is 1.19 bits per heavy atom. The van der Waals surface area contributed by atoms with Gasteiger partial charge in [-0.05, 0) is 53.6 Å². The molecule has 2 fully saturated rings. The van der Waals surface area contributed by atoms with Crippen molar-refractivity contribution in [2.75, 3.05) is 52.5 Å². The number of benzene rings is 1. The fourth-order valence-electron chi connectivity index (χ4n) is 5.39. The second-order valence-electron chi connectivity index (χ2n) is 9.91. The van der Waals surface area contributed by atoms with E-state index in [-0.39, 0.29) is 37.3 Å². The minimum atomic E-state index is -1.000. The Hall–Kier alpha value is -1.73. The normalized spacial score (nSPS) is 24.9. The zero-order valence-electron chi connectivity index (χ0n) is 21.2. The van der Waals surface area contributed by atoms with Gasteiger partial charge in [-0.15, -0.1) is 0 Å². The quantitative estimate of drug-likeness (QED) is 0.338. The van der Waals surface area contributed by atoms with Crippen molar-refractivity contribution in [3.8, 4) is 5.75 Å². The Bertz CT molecular complexity index is 948. The number of halogens is 1. The van der Waals surface area contributed by atoms with Crippen LogP contribution in [-0.2, 0) is 14.3 Å². The molecule has 1 heterocycles. The SMILES string of the molecule is O=C(NCCO)C1=CC(Oc2ccccc2I)C(O)C(N(CCN2CCOCC2)C(=O)C2CCCC2)C1. The van der Waals surface area contributed by atoms with Crippen molar-refractivity contribution in [1.29, 1.82) is 0 Å². The molecule has 2 aliphatic carbocycles. The molecular weight excluding hydrogens is 589 g/mol. The summed E-state index contributed by atoms with van der Waals surface area (Å²) in [6, 6.07) is 6.92. The van der Waals surface area contributed by atoms with Gasteiger partial charge in [-0.1, -0.05) is 25.0 Å². The molecule has 1 aliphatic heterocycles. The molecule has 9 nitrogen and oxygen atoms in total. The Balaban J connectivity index is 1.60. The van der Waals surface area contributed by atoms with E-state index in [2.05, 4.69) is 32.8 Å². The van der Waals surface area contributed by atoms with Crippen molar-refractivity contribution in [2.45, 2.75) is 50.4 Å². The number of ether oxygens (including phenoxy) is 2. The molecule has 1 saturated carbocycles. The second kappa shape index (κ2) is 13.9. The average Bonchev–Trinajstić information content (AvgIpc) is 3.46. The van der Waals surface area contributed by atoms with Gasteiger partial charge < -0.3 is 29.9 Å². The third kappa shape index (κ3) is 7.44. The van der Waals surface area contributed by atoms with Crippen LogP contribution < -0.4 is 10.1 Å². The summed E-state index contributed by atoms with van der Waals surface area (Å²) in [5.41, 5.74) is 0.454. The number of carbonyl (C=O) groups is 2. The molecule has 0 aromatic heterocycles. The maximum Gasteiger partial charge on any atom is 0.247 e. The van der Waals surface area contributed by atoms with E-state index in [0.29, 0.717) is 37.6 Å². The summed E-state index contributed by atoms with van der Waals surface area (Å²) >= 11 is 2.18. The van der Waals surface area contributed by atoms with Crippen molar-refractivity contribution in [2.24, 2.45) is 5.92 Å². The lowest BCUT2D eigenvalue weighted by Crippen LogP contribution is -2.57. The molecule has 3 atom stereocenters. The first-order valence-corrected chi connectivity index (χ1v) is 14.4. The van der Waals surface area contributed by atoms with Crippen LogP contribution in [0, 0.1) is 9.49 Å². The van der Waals surface area contributed by atoms with Crippen LogP contribution in [0.15, 0.2) is 35.9 Å². The third-order valence-electron chi connectivity index (χ3n) is 7.46. The van der Waals surface area contributed by atoms with Crippen molar-refractivity contribution >= 4 is 34.4 Å². The lowest BCUT2D eigenvalue weighted by atomic mass is 9.87. The number of aliphatic hydroxyl groups excluding tert-OH is 2. The molecular formula is C27H38IN3O6. The molecule has 0 bridgehead atoms. The Kier molecular flexibility index (Phi) is 10.6. The molecule has 1 aromatic carbocycles. The van der Waals surface area contributed by atoms with Crippen molar-refractivity contribution in [3.05, 3.63) is 39.5 Å². The van der Waals surface area contributed by atoms with E-state index < -0.39 is 18.2 Å². The van der Waals surface area contributed by atoms with Crippen molar-refractivity contribution in [3.63, 3.8) is 0 Å². The molecule has 0 spiro atoms. The molecule has 10 heteroatoms. The maximum absolute atomic E-state index is 13.8. The largest absolute Gasteiger partial charge is 0.482 e. The van der Waals surface area contributed by atoms with E-state index in [4.69, 9.17) is 9.47 Å². The number of nitrogens with zero attached hydrogens (tertiary/aromatic N) is 2. The Morgan fingerprint density at radius 3 is 2.62 bits per heavy atom. The number of amides is 2. The molecule has 3 unspecified atom stereocenters.